The van der Waals surface area contributed by atoms with Gasteiger partial charge in [-0.25, -0.2) is 0 Å². The minimum atomic E-state index is -0.145. The average Bonchev–Trinajstić information content (AvgIpc) is 3.01. The Balaban J connectivity index is 1.57. The fraction of sp³-hybridized carbons (Fsp3) is 0.125. The van der Waals surface area contributed by atoms with E-state index in [4.69, 9.17) is 16.3 Å². The maximum Gasteiger partial charge on any atom is 0.272 e. The van der Waals surface area contributed by atoms with Gasteiger partial charge in [0, 0.05) is 28.2 Å². The summed E-state index contributed by atoms with van der Waals surface area (Å²) in [6.07, 6.45) is 0. The van der Waals surface area contributed by atoms with Crippen molar-refractivity contribution in [1.29, 1.82) is 0 Å². The SMILES string of the molecule is CCn1c(C(=O)Nc2ccc(Oc3ccccc3)cc2)c(C)c2cc(Cl)ccc21. The zero-order chi connectivity index (χ0) is 20.4. The number of para-hydroxylation sites is 1. The molecule has 1 N–H and O–H groups in total. The topological polar surface area (TPSA) is 43.3 Å². The number of nitrogens with one attached hydrogen (secondary N) is 1. The van der Waals surface area contributed by atoms with Crippen molar-refractivity contribution in [2.24, 2.45) is 0 Å². The van der Waals surface area contributed by atoms with Crippen LogP contribution in [0.2, 0.25) is 5.02 Å². The Morgan fingerprint density at radius 1 is 1.00 bits per heavy atom. The smallest absolute Gasteiger partial charge is 0.272 e. The largest absolute Gasteiger partial charge is 0.457 e. The summed E-state index contributed by atoms with van der Waals surface area (Å²) in [4.78, 5) is 13.0. The molecule has 0 aliphatic rings. The number of amides is 1. The van der Waals surface area contributed by atoms with Crippen LogP contribution in [0.25, 0.3) is 10.9 Å². The minimum absolute atomic E-state index is 0.145. The number of hydrogen-bond acceptors (Lipinski definition) is 2. The Hall–Kier alpha value is -3.24. The van der Waals surface area contributed by atoms with E-state index >= 15 is 0 Å². The molecule has 3 aromatic carbocycles. The molecular formula is C24H21ClN2O2. The lowest BCUT2D eigenvalue weighted by Gasteiger charge is -2.11. The molecule has 0 atom stereocenters. The quantitative estimate of drug-likeness (QED) is 0.403. The molecule has 0 radical (unpaired) electrons. The van der Waals surface area contributed by atoms with Crippen LogP contribution in [0.1, 0.15) is 23.0 Å². The number of nitrogens with zero attached hydrogens (tertiary/aromatic N) is 1. The van der Waals surface area contributed by atoms with Crippen molar-refractivity contribution in [2.75, 3.05) is 5.32 Å². The maximum absolute atomic E-state index is 13.0. The Labute approximate surface area is 174 Å². The highest BCUT2D eigenvalue weighted by atomic mass is 35.5. The van der Waals surface area contributed by atoms with Crippen molar-refractivity contribution >= 4 is 34.1 Å². The number of halogens is 1. The summed E-state index contributed by atoms with van der Waals surface area (Å²) in [7, 11) is 0. The summed E-state index contributed by atoms with van der Waals surface area (Å²) in [6.45, 7) is 4.68. The van der Waals surface area contributed by atoms with Crippen molar-refractivity contribution in [3.8, 4) is 11.5 Å². The first-order valence-electron chi connectivity index (χ1n) is 9.49. The van der Waals surface area contributed by atoms with E-state index in [9.17, 15) is 4.79 Å². The third-order valence-corrected chi connectivity index (χ3v) is 5.14. The fourth-order valence-corrected chi connectivity index (χ4v) is 3.71. The van der Waals surface area contributed by atoms with Crippen LogP contribution in [0.5, 0.6) is 11.5 Å². The molecule has 0 aliphatic carbocycles. The Morgan fingerprint density at radius 3 is 2.38 bits per heavy atom. The van der Waals surface area contributed by atoms with Gasteiger partial charge in [-0.05, 0) is 74.0 Å². The standard InChI is InChI=1S/C24H21ClN2O2/c1-3-27-22-14-9-17(25)15-21(22)16(2)23(27)24(28)26-18-10-12-20(13-11-18)29-19-7-5-4-6-8-19/h4-15H,3H2,1-2H3,(H,26,28). The van der Waals surface area contributed by atoms with Gasteiger partial charge in [0.05, 0.1) is 0 Å². The molecule has 5 heteroatoms. The number of anilines is 1. The molecule has 0 spiro atoms. The zero-order valence-electron chi connectivity index (χ0n) is 16.3. The Kier molecular flexibility index (Phi) is 5.28. The fourth-order valence-electron chi connectivity index (χ4n) is 3.54. The third kappa shape index (κ3) is 3.84. The van der Waals surface area contributed by atoms with Crippen LogP contribution in [0, 0.1) is 6.92 Å². The third-order valence-electron chi connectivity index (χ3n) is 4.90. The van der Waals surface area contributed by atoms with E-state index in [-0.39, 0.29) is 5.91 Å². The molecule has 1 amide bonds. The summed E-state index contributed by atoms with van der Waals surface area (Å²) in [5.41, 5.74) is 3.28. The number of hydrogen-bond donors (Lipinski definition) is 1. The van der Waals surface area contributed by atoms with Crippen molar-refractivity contribution in [3.05, 3.63) is 89.1 Å². The van der Waals surface area contributed by atoms with E-state index in [1.165, 1.54) is 0 Å². The van der Waals surface area contributed by atoms with Gasteiger partial charge in [0.15, 0.2) is 0 Å². The van der Waals surface area contributed by atoms with Crippen LogP contribution in [0.4, 0.5) is 5.69 Å². The monoisotopic (exact) mass is 404 g/mol. The summed E-state index contributed by atoms with van der Waals surface area (Å²) in [6, 6.07) is 22.6. The molecule has 4 rings (SSSR count). The number of carbonyl (C=O) groups is 1. The van der Waals surface area contributed by atoms with Gasteiger partial charge in [0.25, 0.3) is 5.91 Å². The molecule has 1 heterocycles. The molecule has 0 unspecified atom stereocenters. The summed E-state index contributed by atoms with van der Waals surface area (Å²) in [5, 5.41) is 4.65. The van der Waals surface area contributed by atoms with E-state index < -0.39 is 0 Å². The molecule has 0 fully saturated rings. The van der Waals surface area contributed by atoms with Gasteiger partial charge in [-0.2, -0.15) is 0 Å². The molecule has 0 bridgehead atoms. The van der Waals surface area contributed by atoms with E-state index in [2.05, 4.69) is 5.32 Å². The predicted molar refractivity (Wildman–Crippen MR) is 118 cm³/mol. The van der Waals surface area contributed by atoms with Crippen molar-refractivity contribution in [3.63, 3.8) is 0 Å². The van der Waals surface area contributed by atoms with Gasteiger partial charge in [0.1, 0.15) is 17.2 Å². The number of rotatable bonds is 5. The molecule has 4 aromatic rings. The molecule has 146 valence electrons. The molecule has 0 aliphatic heterocycles. The Morgan fingerprint density at radius 2 is 1.69 bits per heavy atom. The molecule has 4 nitrogen and oxygen atoms in total. The number of fused-ring (bicyclic) bond motifs is 1. The van der Waals surface area contributed by atoms with Gasteiger partial charge in [-0.3, -0.25) is 4.79 Å². The van der Waals surface area contributed by atoms with Crippen LogP contribution >= 0.6 is 11.6 Å². The zero-order valence-corrected chi connectivity index (χ0v) is 17.0. The van der Waals surface area contributed by atoms with Gasteiger partial charge in [0.2, 0.25) is 0 Å². The average molecular weight is 405 g/mol. The molecule has 0 saturated heterocycles. The molecule has 1 aromatic heterocycles. The molecular weight excluding hydrogens is 384 g/mol. The predicted octanol–water partition coefficient (Wildman–Crippen LogP) is 6.67. The highest BCUT2D eigenvalue weighted by molar-refractivity contribution is 6.31. The van der Waals surface area contributed by atoms with Gasteiger partial charge in [-0.15, -0.1) is 0 Å². The van der Waals surface area contributed by atoms with Gasteiger partial charge < -0.3 is 14.6 Å². The maximum atomic E-state index is 13.0. The van der Waals surface area contributed by atoms with Crippen LogP contribution in [0.15, 0.2) is 72.8 Å². The highest BCUT2D eigenvalue weighted by Gasteiger charge is 2.20. The summed E-state index contributed by atoms with van der Waals surface area (Å²) < 4.78 is 7.82. The second-order valence-corrected chi connectivity index (χ2v) is 7.21. The van der Waals surface area contributed by atoms with Crippen LogP contribution < -0.4 is 10.1 Å². The van der Waals surface area contributed by atoms with Crippen molar-refractivity contribution < 1.29 is 9.53 Å². The van der Waals surface area contributed by atoms with Crippen molar-refractivity contribution in [1.82, 2.24) is 4.57 Å². The first kappa shape index (κ1) is 19.1. The summed E-state index contributed by atoms with van der Waals surface area (Å²) in [5.74, 6) is 1.34. The second-order valence-electron chi connectivity index (χ2n) is 6.77. The van der Waals surface area contributed by atoms with Gasteiger partial charge in [-0.1, -0.05) is 29.8 Å². The van der Waals surface area contributed by atoms with Crippen LogP contribution in [-0.2, 0) is 6.54 Å². The van der Waals surface area contributed by atoms with E-state index in [1.807, 2.05) is 91.2 Å². The molecule has 0 saturated carbocycles. The van der Waals surface area contributed by atoms with E-state index in [1.54, 1.807) is 0 Å². The number of aromatic nitrogens is 1. The normalized spacial score (nSPS) is 10.9. The van der Waals surface area contributed by atoms with Gasteiger partial charge >= 0.3 is 0 Å². The number of benzene rings is 3. The lowest BCUT2D eigenvalue weighted by Crippen LogP contribution is -2.17. The second kappa shape index (κ2) is 8.02. The first-order chi connectivity index (χ1) is 14.1. The number of aryl methyl sites for hydroxylation is 2. The highest BCUT2D eigenvalue weighted by Crippen LogP contribution is 2.29. The summed E-state index contributed by atoms with van der Waals surface area (Å²) >= 11 is 6.16. The van der Waals surface area contributed by atoms with Crippen LogP contribution in [0.3, 0.4) is 0 Å². The molecule has 29 heavy (non-hydrogen) atoms. The van der Waals surface area contributed by atoms with E-state index in [0.29, 0.717) is 28.7 Å². The van der Waals surface area contributed by atoms with Crippen molar-refractivity contribution in [2.45, 2.75) is 20.4 Å². The van der Waals surface area contributed by atoms with E-state index in [0.717, 1.165) is 22.2 Å². The lowest BCUT2D eigenvalue weighted by atomic mass is 10.1. The first-order valence-corrected chi connectivity index (χ1v) is 9.87. The van der Waals surface area contributed by atoms with Crippen LogP contribution in [-0.4, -0.2) is 10.5 Å². The number of carbonyl (C=O) groups excluding carboxylic acids is 1. The Bertz CT molecular complexity index is 1170. The number of ether oxygens (including phenoxy) is 1. The minimum Gasteiger partial charge on any atom is -0.457 e. The lowest BCUT2D eigenvalue weighted by molar-refractivity contribution is 0.101.